The third-order valence-electron chi connectivity index (χ3n) is 4.40. The van der Waals surface area contributed by atoms with E-state index in [4.69, 9.17) is 5.11 Å². The molecule has 0 spiro atoms. The summed E-state index contributed by atoms with van der Waals surface area (Å²) in [7, 11) is 0. The van der Waals surface area contributed by atoms with Gasteiger partial charge in [-0.25, -0.2) is 0 Å². The average Bonchev–Trinajstić information content (AvgIpc) is 2.54. The van der Waals surface area contributed by atoms with E-state index in [1.807, 2.05) is 18.2 Å². The van der Waals surface area contributed by atoms with Crippen LogP contribution in [0.4, 0.5) is 0 Å². The highest BCUT2D eigenvalue weighted by Gasteiger charge is 2.27. The zero-order valence-corrected chi connectivity index (χ0v) is 11.9. The number of allylic oxidation sites excluding steroid dienone is 1. The molecule has 21 heavy (non-hydrogen) atoms. The predicted molar refractivity (Wildman–Crippen MR) is 80.1 cm³/mol. The lowest BCUT2D eigenvalue weighted by molar-refractivity contribution is -0.143. The fourth-order valence-electron chi connectivity index (χ4n) is 3.07. The van der Waals surface area contributed by atoms with E-state index in [0.29, 0.717) is 31.5 Å². The van der Waals surface area contributed by atoms with Crippen LogP contribution in [0.2, 0.25) is 0 Å². The molecule has 3 rings (SSSR count). The van der Waals surface area contributed by atoms with Gasteiger partial charge in [0, 0.05) is 18.7 Å². The lowest BCUT2D eigenvalue weighted by Crippen LogP contribution is -2.40. The van der Waals surface area contributed by atoms with Crippen LogP contribution < -0.4 is 0 Å². The van der Waals surface area contributed by atoms with Crippen LogP contribution in [0.1, 0.15) is 40.7 Å². The summed E-state index contributed by atoms with van der Waals surface area (Å²) < 4.78 is 0. The first kappa shape index (κ1) is 13.9. The topological polar surface area (TPSA) is 57.6 Å². The Morgan fingerprint density at radius 3 is 2.67 bits per heavy atom. The Kier molecular flexibility index (Phi) is 3.78. The van der Waals surface area contributed by atoms with Crippen molar-refractivity contribution in [1.82, 2.24) is 4.90 Å². The number of likely N-dealkylation sites (tertiary alicyclic amines) is 1. The number of amides is 1. The molecule has 0 radical (unpaired) electrons. The van der Waals surface area contributed by atoms with Crippen LogP contribution in [0.3, 0.4) is 0 Å². The molecule has 0 bridgehead atoms. The highest BCUT2D eigenvalue weighted by molar-refractivity contribution is 5.95. The lowest BCUT2D eigenvalue weighted by Gasteiger charge is -2.30. The van der Waals surface area contributed by atoms with E-state index < -0.39 is 5.97 Å². The maximum Gasteiger partial charge on any atom is 0.306 e. The number of carboxylic acid groups (broad SMARTS) is 1. The molecule has 0 unspecified atom stereocenters. The molecule has 1 aliphatic heterocycles. The number of hydrogen-bond acceptors (Lipinski definition) is 2. The predicted octanol–water partition coefficient (Wildman–Crippen LogP) is 2.58. The lowest BCUT2D eigenvalue weighted by atomic mass is 9.94. The first-order chi connectivity index (χ1) is 10.1. The van der Waals surface area contributed by atoms with Crippen molar-refractivity contribution < 1.29 is 14.7 Å². The second kappa shape index (κ2) is 5.72. The number of aliphatic carboxylic acids is 1. The van der Waals surface area contributed by atoms with Gasteiger partial charge >= 0.3 is 5.97 Å². The minimum absolute atomic E-state index is 0.0145. The SMILES string of the molecule is O=C(O)C1CCN(C(=O)c2ccc3c(c2)C=CCC3)CC1. The van der Waals surface area contributed by atoms with Gasteiger partial charge in [-0.1, -0.05) is 18.2 Å². The molecule has 4 heteroatoms. The number of carboxylic acids is 1. The number of carbonyl (C=O) groups is 2. The van der Waals surface area contributed by atoms with E-state index >= 15 is 0 Å². The fraction of sp³-hybridized carbons (Fsp3) is 0.412. The second-order valence-electron chi connectivity index (χ2n) is 5.76. The highest BCUT2D eigenvalue weighted by atomic mass is 16.4. The molecule has 1 N–H and O–H groups in total. The first-order valence-electron chi connectivity index (χ1n) is 7.46. The summed E-state index contributed by atoms with van der Waals surface area (Å²) in [5.41, 5.74) is 3.13. The van der Waals surface area contributed by atoms with Gasteiger partial charge in [-0.05, 0) is 48.9 Å². The molecule has 1 amide bonds. The molecular formula is C17H19NO3. The van der Waals surface area contributed by atoms with E-state index in [2.05, 4.69) is 12.2 Å². The molecule has 0 atom stereocenters. The Hall–Kier alpha value is -2.10. The van der Waals surface area contributed by atoms with Gasteiger partial charge in [-0.15, -0.1) is 0 Å². The van der Waals surface area contributed by atoms with E-state index in [-0.39, 0.29) is 11.8 Å². The van der Waals surface area contributed by atoms with Crippen molar-refractivity contribution in [3.8, 4) is 0 Å². The Morgan fingerprint density at radius 1 is 1.19 bits per heavy atom. The maximum atomic E-state index is 12.5. The number of nitrogens with zero attached hydrogens (tertiary/aromatic N) is 1. The van der Waals surface area contributed by atoms with Crippen LogP contribution in [0.15, 0.2) is 24.3 Å². The van der Waals surface area contributed by atoms with E-state index in [9.17, 15) is 9.59 Å². The quantitative estimate of drug-likeness (QED) is 0.908. The van der Waals surface area contributed by atoms with Crippen molar-refractivity contribution in [2.75, 3.05) is 13.1 Å². The highest BCUT2D eigenvalue weighted by Crippen LogP contribution is 2.23. The monoisotopic (exact) mass is 285 g/mol. The van der Waals surface area contributed by atoms with Crippen LogP contribution >= 0.6 is 0 Å². The summed E-state index contributed by atoms with van der Waals surface area (Å²) in [4.78, 5) is 25.2. The fourth-order valence-corrected chi connectivity index (χ4v) is 3.07. The molecule has 2 aliphatic rings. The Morgan fingerprint density at radius 2 is 1.95 bits per heavy atom. The van der Waals surface area contributed by atoms with Gasteiger partial charge in [0.15, 0.2) is 0 Å². The maximum absolute atomic E-state index is 12.5. The summed E-state index contributed by atoms with van der Waals surface area (Å²) >= 11 is 0. The van der Waals surface area contributed by atoms with Crippen LogP contribution in [0, 0.1) is 5.92 Å². The minimum Gasteiger partial charge on any atom is -0.481 e. The van der Waals surface area contributed by atoms with Crippen molar-refractivity contribution >= 4 is 18.0 Å². The van der Waals surface area contributed by atoms with Crippen LogP contribution in [0.5, 0.6) is 0 Å². The third-order valence-corrected chi connectivity index (χ3v) is 4.40. The Labute approximate surface area is 124 Å². The normalized spacial score (nSPS) is 18.4. The van der Waals surface area contributed by atoms with E-state index in [1.165, 1.54) is 5.56 Å². The van der Waals surface area contributed by atoms with Crippen LogP contribution in [-0.4, -0.2) is 35.0 Å². The van der Waals surface area contributed by atoms with Crippen molar-refractivity contribution in [2.45, 2.75) is 25.7 Å². The zero-order valence-electron chi connectivity index (χ0n) is 11.9. The molecular weight excluding hydrogens is 266 g/mol. The number of piperidine rings is 1. The smallest absolute Gasteiger partial charge is 0.306 e. The summed E-state index contributed by atoms with van der Waals surface area (Å²) in [5, 5.41) is 9.00. The van der Waals surface area contributed by atoms with E-state index in [1.54, 1.807) is 4.90 Å². The Bertz CT molecular complexity index is 598. The van der Waals surface area contributed by atoms with Gasteiger partial charge in [0.05, 0.1) is 5.92 Å². The Balaban J connectivity index is 1.72. The van der Waals surface area contributed by atoms with Crippen molar-refractivity contribution in [3.05, 3.63) is 41.0 Å². The third kappa shape index (κ3) is 2.84. The number of aryl methyl sites for hydroxylation is 1. The molecule has 1 aliphatic carbocycles. The molecule has 1 fully saturated rings. The number of rotatable bonds is 2. The summed E-state index contributed by atoms with van der Waals surface area (Å²) in [6, 6.07) is 5.89. The molecule has 0 saturated carbocycles. The van der Waals surface area contributed by atoms with E-state index in [0.717, 1.165) is 18.4 Å². The van der Waals surface area contributed by atoms with Crippen molar-refractivity contribution in [1.29, 1.82) is 0 Å². The molecule has 1 aromatic rings. The summed E-state index contributed by atoms with van der Waals surface area (Å²) in [5.74, 6) is -1.04. The zero-order chi connectivity index (χ0) is 14.8. The number of hydrogen-bond donors (Lipinski definition) is 1. The van der Waals surface area contributed by atoms with Crippen molar-refractivity contribution in [2.24, 2.45) is 5.92 Å². The molecule has 1 aromatic carbocycles. The minimum atomic E-state index is -0.749. The number of carbonyl (C=O) groups excluding carboxylic acids is 1. The molecule has 0 aromatic heterocycles. The largest absolute Gasteiger partial charge is 0.481 e. The van der Waals surface area contributed by atoms with Gasteiger partial charge in [0.1, 0.15) is 0 Å². The molecule has 1 saturated heterocycles. The van der Waals surface area contributed by atoms with Crippen LogP contribution in [0.25, 0.3) is 6.08 Å². The summed E-state index contributed by atoms with van der Waals surface area (Å²) in [6.07, 6.45) is 7.40. The van der Waals surface area contributed by atoms with Gasteiger partial charge in [0.25, 0.3) is 5.91 Å². The first-order valence-corrected chi connectivity index (χ1v) is 7.46. The van der Waals surface area contributed by atoms with Gasteiger partial charge in [-0.2, -0.15) is 0 Å². The van der Waals surface area contributed by atoms with Crippen molar-refractivity contribution in [3.63, 3.8) is 0 Å². The van der Waals surface area contributed by atoms with Gasteiger partial charge < -0.3 is 10.0 Å². The molecule has 4 nitrogen and oxygen atoms in total. The summed E-state index contributed by atoms with van der Waals surface area (Å²) in [6.45, 7) is 1.06. The average molecular weight is 285 g/mol. The second-order valence-corrected chi connectivity index (χ2v) is 5.76. The van der Waals surface area contributed by atoms with Crippen LogP contribution in [-0.2, 0) is 11.2 Å². The van der Waals surface area contributed by atoms with Gasteiger partial charge in [-0.3, -0.25) is 9.59 Å². The number of fused-ring (bicyclic) bond motifs is 1. The molecule has 1 heterocycles. The standard InChI is InChI=1S/C17H19NO3/c19-16(18-9-7-13(8-10-18)17(20)21)15-6-5-12-3-1-2-4-14(12)11-15/h2,4-6,11,13H,1,3,7-10H2,(H,20,21). The number of benzene rings is 1. The molecule has 110 valence electrons. The van der Waals surface area contributed by atoms with Gasteiger partial charge in [0.2, 0.25) is 0 Å².